The highest BCUT2D eigenvalue weighted by atomic mass is 16.5. The molecule has 19 heavy (non-hydrogen) atoms. The molecule has 0 fully saturated rings. The highest BCUT2D eigenvalue weighted by Gasteiger charge is 2.13. The molecular formula is C12H13N3O4. The number of carbonyl (C=O) groups is 1. The van der Waals surface area contributed by atoms with Crippen LogP contribution >= 0.6 is 0 Å². The van der Waals surface area contributed by atoms with Crippen LogP contribution in [0.25, 0.3) is 11.5 Å². The molecule has 7 heteroatoms. The minimum Gasteiger partial charge on any atom is -0.480 e. The molecule has 0 atom stereocenters. The SMILES string of the molecule is CC(C)c1noc(-c2ccc(=O)n(CC(=O)O)c2)n1. The monoisotopic (exact) mass is 263 g/mol. The Morgan fingerprint density at radius 1 is 1.47 bits per heavy atom. The summed E-state index contributed by atoms with van der Waals surface area (Å²) in [6.07, 6.45) is 1.40. The van der Waals surface area contributed by atoms with E-state index in [1.807, 2.05) is 13.8 Å². The zero-order valence-electron chi connectivity index (χ0n) is 10.5. The van der Waals surface area contributed by atoms with Crippen LogP contribution < -0.4 is 5.56 Å². The maximum Gasteiger partial charge on any atom is 0.323 e. The van der Waals surface area contributed by atoms with E-state index in [9.17, 15) is 9.59 Å². The van der Waals surface area contributed by atoms with Crippen LogP contribution in [-0.2, 0) is 11.3 Å². The van der Waals surface area contributed by atoms with E-state index in [-0.39, 0.29) is 11.8 Å². The van der Waals surface area contributed by atoms with Gasteiger partial charge in [0.1, 0.15) is 6.54 Å². The van der Waals surface area contributed by atoms with Gasteiger partial charge in [-0.1, -0.05) is 19.0 Å². The van der Waals surface area contributed by atoms with Crippen LogP contribution in [-0.4, -0.2) is 25.8 Å². The minimum atomic E-state index is -1.09. The van der Waals surface area contributed by atoms with Crippen molar-refractivity contribution in [3.05, 3.63) is 34.5 Å². The van der Waals surface area contributed by atoms with Gasteiger partial charge < -0.3 is 14.2 Å². The van der Waals surface area contributed by atoms with E-state index < -0.39 is 18.1 Å². The smallest absolute Gasteiger partial charge is 0.323 e. The second-order valence-electron chi connectivity index (χ2n) is 4.39. The number of carboxylic acid groups (broad SMARTS) is 1. The number of pyridine rings is 1. The Kier molecular flexibility index (Phi) is 3.46. The molecular weight excluding hydrogens is 250 g/mol. The third kappa shape index (κ3) is 2.87. The molecule has 0 radical (unpaired) electrons. The van der Waals surface area contributed by atoms with Crippen molar-refractivity contribution < 1.29 is 14.4 Å². The zero-order valence-corrected chi connectivity index (χ0v) is 10.5. The molecule has 0 unspecified atom stereocenters. The Hall–Kier alpha value is -2.44. The van der Waals surface area contributed by atoms with E-state index in [1.165, 1.54) is 18.3 Å². The van der Waals surface area contributed by atoms with E-state index in [2.05, 4.69) is 10.1 Å². The van der Waals surface area contributed by atoms with Crippen molar-refractivity contribution in [1.29, 1.82) is 0 Å². The molecule has 100 valence electrons. The van der Waals surface area contributed by atoms with E-state index in [0.717, 1.165) is 4.57 Å². The zero-order chi connectivity index (χ0) is 14.0. The molecule has 2 heterocycles. The topological polar surface area (TPSA) is 98.2 Å². The number of nitrogens with zero attached hydrogens (tertiary/aromatic N) is 3. The highest BCUT2D eigenvalue weighted by molar-refractivity contribution is 5.66. The number of hydrogen-bond donors (Lipinski definition) is 1. The van der Waals surface area contributed by atoms with Gasteiger partial charge in [0.25, 0.3) is 11.4 Å². The summed E-state index contributed by atoms with van der Waals surface area (Å²) < 4.78 is 6.17. The predicted molar refractivity (Wildman–Crippen MR) is 65.7 cm³/mol. The van der Waals surface area contributed by atoms with Crippen LogP contribution in [0.5, 0.6) is 0 Å². The number of aromatic nitrogens is 3. The number of aliphatic carboxylic acids is 1. The average molecular weight is 263 g/mol. The molecule has 2 rings (SSSR count). The van der Waals surface area contributed by atoms with Crippen LogP contribution in [0.3, 0.4) is 0 Å². The van der Waals surface area contributed by atoms with Gasteiger partial charge in [0.2, 0.25) is 0 Å². The molecule has 0 saturated heterocycles. The molecule has 0 aliphatic carbocycles. The molecule has 7 nitrogen and oxygen atoms in total. The molecule has 0 amide bonds. The molecule has 2 aromatic heterocycles. The molecule has 0 saturated carbocycles. The summed E-state index contributed by atoms with van der Waals surface area (Å²) in [7, 11) is 0. The standard InChI is InChI=1S/C12H13N3O4/c1-7(2)11-13-12(19-14-11)8-3-4-9(16)15(5-8)6-10(17)18/h3-5,7H,6H2,1-2H3,(H,17,18). The van der Waals surface area contributed by atoms with Crippen LogP contribution in [0.2, 0.25) is 0 Å². The highest BCUT2D eigenvalue weighted by Crippen LogP contribution is 2.18. The Labute approximate surface area is 108 Å². The molecule has 1 N–H and O–H groups in total. The van der Waals surface area contributed by atoms with Crippen molar-refractivity contribution in [2.75, 3.05) is 0 Å². The van der Waals surface area contributed by atoms with Gasteiger partial charge in [-0.25, -0.2) is 0 Å². The van der Waals surface area contributed by atoms with Crippen molar-refractivity contribution >= 4 is 5.97 Å². The van der Waals surface area contributed by atoms with Gasteiger partial charge in [-0.3, -0.25) is 9.59 Å². The number of rotatable bonds is 4. The molecule has 0 bridgehead atoms. The van der Waals surface area contributed by atoms with E-state index >= 15 is 0 Å². The first-order valence-electron chi connectivity index (χ1n) is 5.73. The normalized spacial score (nSPS) is 10.9. The van der Waals surface area contributed by atoms with Crippen molar-refractivity contribution in [2.24, 2.45) is 0 Å². The maximum absolute atomic E-state index is 11.5. The number of hydrogen-bond acceptors (Lipinski definition) is 5. The third-order valence-corrected chi connectivity index (χ3v) is 2.49. The van der Waals surface area contributed by atoms with Crippen LogP contribution in [0.15, 0.2) is 27.6 Å². The lowest BCUT2D eigenvalue weighted by Crippen LogP contribution is -2.22. The van der Waals surface area contributed by atoms with Crippen molar-refractivity contribution in [1.82, 2.24) is 14.7 Å². The average Bonchev–Trinajstić information content (AvgIpc) is 2.81. The van der Waals surface area contributed by atoms with E-state index in [0.29, 0.717) is 11.4 Å². The van der Waals surface area contributed by atoms with Gasteiger partial charge in [0, 0.05) is 18.2 Å². The van der Waals surface area contributed by atoms with Crippen molar-refractivity contribution in [3.63, 3.8) is 0 Å². The molecule has 2 aromatic rings. The third-order valence-electron chi connectivity index (χ3n) is 2.49. The quantitative estimate of drug-likeness (QED) is 0.887. The predicted octanol–water partition coefficient (Wildman–Crippen LogP) is 1.11. The first-order valence-corrected chi connectivity index (χ1v) is 5.73. The van der Waals surface area contributed by atoms with Crippen LogP contribution in [0.4, 0.5) is 0 Å². The van der Waals surface area contributed by atoms with Gasteiger partial charge in [0.15, 0.2) is 5.82 Å². The number of carboxylic acids is 1. The summed E-state index contributed by atoms with van der Waals surface area (Å²) in [5, 5.41) is 12.5. The minimum absolute atomic E-state index is 0.127. The second kappa shape index (κ2) is 5.05. The fourth-order valence-electron chi connectivity index (χ4n) is 1.51. The molecule has 0 aliphatic heterocycles. The van der Waals surface area contributed by atoms with Gasteiger partial charge in [0.05, 0.1) is 5.56 Å². The Bertz CT molecular complexity index is 657. The summed E-state index contributed by atoms with van der Waals surface area (Å²) in [6, 6.07) is 2.80. The Balaban J connectivity index is 2.39. The Morgan fingerprint density at radius 3 is 2.79 bits per heavy atom. The van der Waals surface area contributed by atoms with Crippen molar-refractivity contribution in [2.45, 2.75) is 26.3 Å². The largest absolute Gasteiger partial charge is 0.480 e. The molecule has 0 spiro atoms. The molecule has 0 aliphatic rings. The summed E-state index contributed by atoms with van der Waals surface area (Å²) in [6.45, 7) is 3.46. The second-order valence-corrected chi connectivity index (χ2v) is 4.39. The van der Waals surface area contributed by atoms with E-state index in [1.54, 1.807) is 0 Å². The maximum atomic E-state index is 11.5. The van der Waals surface area contributed by atoms with Crippen LogP contribution in [0.1, 0.15) is 25.6 Å². The summed E-state index contributed by atoms with van der Waals surface area (Å²) >= 11 is 0. The lowest BCUT2D eigenvalue weighted by molar-refractivity contribution is -0.137. The summed E-state index contributed by atoms with van der Waals surface area (Å²) in [4.78, 5) is 26.3. The lowest BCUT2D eigenvalue weighted by atomic mass is 10.2. The van der Waals surface area contributed by atoms with Gasteiger partial charge in [-0.15, -0.1) is 0 Å². The summed E-state index contributed by atoms with van der Waals surface area (Å²) in [5.74, 6) is -0.135. The van der Waals surface area contributed by atoms with Gasteiger partial charge >= 0.3 is 5.97 Å². The lowest BCUT2D eigenvalue weighted by Gasteiger charge is -2.02. The van der Waals surface area contributed by atoms with Gasteiger partial charge in [-0.05, 0) is 6.07 Å². The van der Waals surface area contributed by atoms with E-state index in [4.69, 9.17) is 9.63 Å². The fourth-order valence-corrected chi connectivity index (χ4v) is 1.51. The van der Waals surface area contributed by atoms with Gasteiger partial charge in [-0.2, -0.15) is 4.98 Å². The van der Waals surface area contributed by atoms with Crippen LogP contribution in [0, 0.1) is 0 Å². The van der Waals surface area contributed by atoms with Crippen molar-refractivity contribution in [3.8, 4) is 11.5 Å². The molecule has 0 aromatic carbocycles. The fraction of sp³-hybridized carbons (Fsp3) is 0.333. The summed E-state index contributed by atoms with van der Waals surface area (Å²) in [5.41, 5.74) is 0.120. The first-order chi connectivity index (χ1) is 8.97. The Morgan fingerprint density at radius 2 is 2.21 bits per heavy atom. The first kappa shape index (κ1) is 13.0.